The van der Waals surface area contributed by atoms with Crippen molar-refractivity contribution in [3.8, 4) is 0 Å². The van der Waals surface area contributed by atoms with E-state index in [4.69, 9.17) is 16.3 Å². The van der Waals surface area contributed by atoms with E-state index < -0.39 is 0 Å². The predicted octanol–water partition coefficient (Wildman–Crippen LogP) is 1.71. The molecular formula is C10H12ClNO2S. The maximum atomic E-state index is 11.6. The largest absolute Gasteiger partial charge is 0.469 e. The number of hydrogen-bond acceptors (Lipinski definition) is 4. The van der Waals surface area contributed by atoms with Gasteiger partial charge in [-0.15, -0.1) is 11.3 Å². The molecule has 1 aromatic heterocycles. The van der Waals surface area contributed by atoms with Gasteiger partial charge in [-0.3, -0.25) is 4.79 Å². The summed E-state index contributed by atoms with van der Waals surface area (Å²) in [5.41, 5.74) is -0.372. The molecule has 0 saturated carbocycles. The van der Waals surface area contributed by atoms with E-state index in [-0.39, 0.29) is 11.4 Å². The fraction of sp³-hybridized carbons (Fsp3) is 0.500. The van der Waals surface area contributed by atoms with E-state index in [1.807, 2.05) is 12.1 Å². The predicted molar refractivity (Wildman–Crippen MR) is 60.4 cm³/mol. The van der Waals surface area contributed by atoms with Crippen molar-refractivity contribution >= 4 is 28.9 Å². The monoisotopic (exact) mass is 245 g/mol. The van der Waals surface area contributed by atoms with Gasteiger partial charge in [0.25, 0.3) is 0 Å². The zero-order valence-corrected chi connectivity index (χ0v) is 9.95. The molecule has 1 saturated heterocycles. The Labute approximate surface area is 97.4 Å². The molecule has 0 bridgehead atoms. The molecule has 1 N–H and O–H groups in total. The van der Waals surface area contributed by atoms with Crippen molar-refractivity contribution in [1.29, 1.82) is 0 Å². The number of hydrogen-bond donors (Lipinski definition) is 1. The summed E-state index contributed by atoms with van der Waals surface area (Å²) in [4.78, 5) is 12.8. The third kappa shape index (κ3) is 2.02. The molecule has 2 rings (SSSR count). The first kappa shape index (κ1) is 10.9. The van der Waals surface area contributed by atoms with Crippen molar-refractivity contribution in [3.05, 3.63) is 21.3 Å². The van der Waals surface area contributed by atoms with Crippen LogP contribution in [0.1, 0.15) is 4.88 Å². The van der Waals surface area contributed by atoms with Crippen molar-refractivity contribution in [2.45, 2.75) is 6.42 Å². The summed E-state index contributed by atoms with van der Waals surface area (Å²) in [6, 6.07) is 3.83. The number of rotatable bonds is 3. The van der Waals surface area contributed by atoms with Crippen LogP contribution in [0.2, 0.25) is 4.34 Å². The van der Waals surface area contributed by atoms with Gasteiger partial charge in [0, 0.05) is 24.4 Å². The van der Waals surface area contributed by atoms with Gasteiger partial charge in [-0.05, 0) is 12.1 Å². The summed E-state index contributed by atoms with van der Waals surface area (Å²) in [6.07, 6.45) is 0.712. The van der Waals surface area contributed by atoms with Crippen molar-refractivity contribution < 1.29 is 9.53 Å². The van der Waals surface area contributed by atoms with Gasteiger partial charge in [0.1, 0.15) is 0 Å². The van der Waals surface area contributed by atoms with Crippen LogP contribution in [-0.4, -0.2) is 26.2 Å². The minimum absolute atomic E-state index is 0.134. The Bertz CT molecular complexity index is 373. The Kier molecular flexibility index (Phi) is 3.00. The van der Waals surface area contributed by atoms with E-state index in [0.29, 0.717) is 19.5 Å². The van der Waals surface area contributed by atoms with Crippen LogP contribution in [0.3, 0.4) is 0 Å². The molecule has 1 aromatic rings. The second-order valence-corrected chi connectivity index (χ2v) is 5.56. The van der Waals surface area contributed by atoms with Crippen LogP contribution in [0.5, 0.6) is 0 Å². The number of methoxy groups -OCH3 is 1. The van der Waals surface area contributed by atoms with Gasteiger partial charge in [0.15, 0.2) is 0 Å². The van der Waals surface area contributed by atoms with Gasteiger partial charge in [-0.2, -0.15) is 0 Å². The fourth-order valence-electron chi connectivity index (χ4n) is 1.77. The molecule has 1 aliphatic rings. The van der Waals surface area contributed by atoms with Crippen LogP contribution in [0.4, 0.5) is 0 Å². The SMILES string of the molecule is COC(=O)C1(Cc2ccc(Cl)s2)CNC1. The lowest BCUT2D eigenvalue weighted by Gasteiger charge is -2.39. The summed E-state index contributed by atoms with van der Waals surface area (Å²) in [7, 11) is 1.43. The molecule has 0 spiro atoms. The van der Waals surface area contributed by atoms with Gasteiger partial charge in [0.2, 0.25) is 0 Å². The van der Waals surface area contributed by atoms with E-state index >= 15 is 0 Å². The van der Waals surface area contributed by atoms with E-state index in [1.54, 1.807) is 0 Å². The lowest BCUT2D eigenvalue weighted by Crippen LogP contribution is -2.59. The molecule has 1 aliphatic heterocycles. The van der Waals surface area contributed by atoms with Crippen LogP contribution in [-0.2, 0) is 16.0 Å². The summed E-state index contributed by atoms with van der Waals surface area (Å²) in [5.74, 6) is -0.134. The van der Waals surface area contributed by atoms with E-state index in [2.05, 4.69) is 5.32 Å². The third-order valence-corrected chi connectivity index (χ3v) is 3.92. The summed E-state index contributed by atoms with van der Waals surface area (Å²) in [6.45, 7) is 1.38. The number of ether oxygens (including phenoxy) is 1. The minimum atomic E-state index is -0.372. The molecular weight excluding hydrogens is 234 g/mol. The van der Waals surface area contributed by atoms with Gasteiger partial charge < -0.3 is 10.1 Å². The lowest BCUT2D eigenvalue weighted by molar-refractivity contribution is -0.155. The number of esters is 1. The maximum Gasteiger partial charge on any atom is 0.314 e. The first-order valence-electron chi connectivity index (χ1n) is 4.70. The minimum Gasteiger partial charge on any atom is -0.469 e. The summed E-state index contributed by atoms with van der Waals surface area (Å²) in [5, 5.41) is 3.12. The molecule has 5 heteroatoms. The Hall–Kier alpha value is -0.580. The van der Waals surface area contributed by atoms with Gasteiger partial charge in [-0.25, -0.2) is 0 Å². The Morgan fingerprint density at radius 2 is 2.40 bits per heavy atom. The first-order valence-corrected chi connectivity index (χ1v) is 5.89. The normalized spacial score (nSPS) is 18.3. The van der Waals surface area contributed by atoms with E-state index in [1.165, 1.54) is 18.4 Å². The molecule has 3 nitrogen and oxygen atoms in total. The third-order valence-electron chi connectivity index (χ3n) is 2.69. The number of carbonyl (C=O) groups excluding carboxylic acids is 1. The molecule has 0 atom stereocenters. The van der Waals surface area contributed by atoms with E-state index in [9.17, 15) is 4.79 Å². The first-order chi connectivity index (χ1) is 7.16. The van der Waals surface area contributed by atoms with Crippen LogP contribution >= 0.6 is 22.9 Å². The van der Waals surface area contributed by atoms with Crippen molar-refractivity contribution in [2.24, 2.45) is 5.41 Å². The molecule has 0 unspecified atom stereocenters. The van der Waals surface area contributed by atoms with Crippen LogP contribution in [0, 0.1) is 5.41 Å². The molecule has 82 valence electrons. The highest BCUT2D eigenvalue weighted by atomic mass is 35.5. The number of halogens is 1. The standard InChI is InChI=1S/C10H12ClNO2S/c1-14-9(13)10(5-12-6-10)4-7-2-3-8(11)15-7/h2-3,12H,4-6H2,1H3. The smallest absolute Gasteiger partial charge is 0.314 e. The zero-order chi connectivity index (χ0) is 10.9. The molecule has 0 aliphatic carbocycles. The second-order valence-electron chi connectivity index (χ2n) is 3.76. The summed E-state index contributed by atoms with van der Waals surface area (Å²) < 4.78 is 5.59. The van der Waals surface area contributed by atoms with Gasteiger partial charge in [0.05, 0.1) is 16.9 Å². The Morgan fingerprint density at radius 1 is 1.67 bits per heavy atom. The van der Waals surface area contributed by atoms with Crippen molar-refractivity contribution in [1.82, 2.24) is 5.32 Å². The molecule has 2 heterocycles. The van der Waals surface area contributed by atoms with Gasteiger partial charge in [-0.1, -0.05) is 11.6 Å². The number of thiophene rings is 1. The second kappa shape index (κ2) is 4.12. The maximum absolute atomic E-state index is 11.6. The Morgan fingerprint density at radius 3 is 2.80 bits per heavy atom. The lowest BCUT2D eigenvalue weighted by atomic mass is 9.78. The Balaban J connectivity index is 2.11. The highest BCUT2D eigenvalue weighted by Crippen LogP contribution is 2.33. The fourth-order valence-corrected chi connectivity index (χ4v) is 3.00. The zero-order valence-electron chi connectivity index (χ0n) is 8.38. The molecule has 0 radical (unpaired) electrons. The quantitative estimate of drug-likeness (QED) is 0.824. The highest BCUT2D eigenvalue weighted by Gasteiger charge is 2.45. The number of carbonyl (C=O) groups is 1. The molecule has 0 aromatic carbocycles. The van der Waals surface area contributed by atoms with Gasteiger partial charge >= 0.3 is 5.97 Å². The number of nitrogens with one attached hydrogen (secondary N) is 1. The molecule has 1 fully saturated rings. The average Bonchev–Trinajstić information content (AvgIpc) is 2.56. The summed E-state index contributed by atoms with van der Waals surface area (Å²) >= 11 is 7.37. The van der Waals surface area contributed by atoms with Crippen molar-refractivity contribution in [3.63, 3.8) is 0 Å². The molecule has 0 amide bonds. The topological polar surface area (TPSA) is 38.3 Å². The van der Waals surface area contributed by atoms with Crippen molar-refractivity contribution in [2.75, 3.05) is 20.2 Å². The molecule has 15 heavy (non-hydrogen) atoms. The highest BCUT2D eigenvalue weighted by molar-refractivity contribution is 7.16. The van der Waals surface area contributed by atoms with Crippen LogP contribution in [0.25, 0.3) is 0 Å². The van der Waals surface area contributed by atoms with Crippen LogP contribution < -0.4 is 5.32 Å². The van der Waals surface area contributed by atoms with E-state index in [0.717, 1.165) is 9.21 Å². The average molecular weight is 246 g/mol. The van der Waals surface area contributed by atoms with Crippen LogP contribution in [0.15, 0.2) is 12.1 Å².